The first-order valence-corrected chi connectivity index (χ1v) is 7.88. The van der Waals surface area contributed by atoms with Gasteiger partial charge in [-0.1, -0.05) is 40.2 Å². The Bertz CT molecular complexity index is 424. The molecule has 1 fully saturated rings. The lowest BCUT2D eigenvalue weighted by Crippen LogP contribution is -2.49. The van der Waals surface area contributed by atoms with Crippen molar-refractivity contribution >= 4 is 5.82 Å². The molecule has 2 atom stereocenters. The van der Waals surface area contributed by atoms with Crippen molar-refractivity contribution in [1.29, 1.82) is 0 Å². The van der Waals surface area contributed by atoms with Gasteiger partial charge < -0.3 is 10.2 Å². The van der Waals surface area contributed by atoms with Gasteiger partial charge in [0.1, 0.15) is 5.82 Å². The van der Waals surface area contributed by atoms with Crippen LogP contribution in [-0.2, 0) is 0 Å². The molecule has 0 unspecified atom stereocenters. The summed E-state index contributed by atoms with van der Waals surface area (Å²) in [6.45, 7) is 14.6. The van der Waals surface area contributed by atoms with Crippen molar-refractivity contribution in [2.45, 2.75) is 53.0 Å². The van der Waals surface area contributed by atoms with E-state index in [0.717, 1.165) is 25.5 Å². The molecule has 20 heavy (non-hydrogen) atoms. The van der Waals surface area contributed by atoms with Gasteiger partial charge in [0.2, 0.25) is 0 Å². The Labute approximate surface area is 123 Å². The van der Waals surface area contributed by atoms with Crippen LogP contribution in [0, 0.1) is 5.41 Å². The minimum Gasteiger partial charge on any atom is -0.354 e. The van der Waals surface area contributed by atoms with E-state index < -0.39 is 0 Å². The summed E-state index contributed by atoms with van der Waals surface area (Å²) in [5.41, 5.74) is 1.68. The zero-order chi connectivity index (χ0) is 14.8. The molecule has 2 heterocycles. The topological polar surface area (TPSA) is 28.2 Å². The Morgan fingerprint density at radius 1 is 1.45 bits per heavy atom. The summed E-state index contributed by atoms with van der Waals surface area (Å²) in [6.07, 6.45) is 3.26. The highest BCUT2D eigenvalue weighted by atomic mass is 15.2. The second-order valence-corrected chi connectivity index (χ2v) is 6.81. The molecule has 0 aromatic carbocycles. The summed E-state index contributed by atoms with van der Waals surface area (Å²) in [6, 6.07) is 5.00. The predicted molar refractivity (Wildman–Crippen MR) is 86.4 cm³/mol. The summed E-state index contributed by atoms with van der Waals surface area (Å²) in [5, 5.41) is 3.47. The van der Waals surface area contributed by atoms with Gasteiger partial charge in [-0.3, -0.25) is 0 Å². The number of hydrogen-bond donors (Lipinski definition) is 1. The molecular formula is C17H29N3. The van der Waals surface area contributed by atoms with Gasteiger partial charge in [0.05, 0.1) is 0 Å². The molecule has 2 rings (SSSR count). The van der Waals surface area contributed by atoms with E-state index in [1.807, 2.05) is 0 Å². The molecule has 0 amide bonds. The van der Waals surface area contributed by atoms with Crippen molar-refractivity contribution in [3.05, 3.63) is 23.9 Å². The summed E-state index contributed by atoms with van der Waals surface area (Å²) in [4.78, 5) is 7.08. The van der Waals surface area contributed by atoms with Crippen LogP contribution >= 0.6 is 0 Å². The highest BCUT2D eigenvalue weighted by Crippen LogP contribution is 2.37. The Kier molecular flexibility index (Phi) is 4.69. The first kappa shape index (κ1) is 15.3. The zero-order valence-corrected chi connectivity index (χ0v) is 13.6. The van der Waals surface area contributed by atoms with Gasteiger partial charge in [0.25, 0.3) is 0 Å². The fourth-order valence-electron chi connectivity index (χ4n) is 2.74. The van der Waals surface area contributed by atoms with Crippen molar-refractivity contribution in [3.63, 3.8) is 0 Å². The first-order valence-electron chi connectivity index (χ1n) is 7.88. The van der Waals surface area contributed by atoms with Gasteiger partial charge in [-0.05, 0) is 29.9 Å². The predicted octanol–water partition coefficient (Wildman–Crippen LogP) is 3.42. The monoisotopic (exact) mass is 275 g/mol. The number of hydrogen-bond acceptors (Lipinski definition) is 3. The van der Waals surface area contributed by atoms with E-state index in [0.29, 0.717) is 17.4 Å². The van der Waals surface area contributed by atoms with E-state index in [1.165, 1.54) is 12.0 Å². The van der Waals surface area contributed by atoms with Gasteiger partial charge in [-0.25, -0.2) is 4.98 Å². The summed E-state index contributed by atoms with van der Waals surface area (Å²) < 4.78 is 0. The van der Waals surface area contributed by atoms with E-state index >= 15 is 0 Å². The Hall–Kier alpha value is -1.09. The number of aromatic nitrogens is 1. The number of rotatable bonds is 4. The fourth-order valence-corrected chi connectivity index (χ4v) is 2.74. The lowest BCUT2D eigenvalue weighted by atomic mass is 9.75. The summed E-state index contributed by atoms with van der Waals surface area (Å²) >= 11 is 0. The molecule has 1 N–H and O–H groups in total. The Morgan fingerprint density at radius 3 is 2.75 bits per heavy atom. The van der Waals surface area contributed by atoms with Gasteiger partial charge in [0, 0.05) is 31.9 Å². The average Bonchev–Trinajstić information content (AvgIpc) is 2.46. The fraction of sp³-hybridized carbons (Fsp3) is 0.706. The number of nitrogens with one attached hydrogen (secondary N) is 1. The molecule has 1 aliphatic rings. The van der Waals surface area contributed by atoms with Crippen LogP contribution in [-0.4, -0.2) is 30.7 Å². The van der Waals surface area contributed by atoms with Crippen LogP contribution in [0.4, 0.5) is 5.82 Å². The van der Waals surface area contributed by atoms with Gasteiger partial charge >= 0.3 is 0 Å². The smallest absolute Gasteiger partial charge is 0.128 e. The minimum absolute atomic E-state index is 0.326. The maximum absolute atomic E-state index is 4.70. The standard InChI is InChI=1S/C17H29N3/c1-6-17(4,5)14(3)15-7-8-16(19-11-15)20-10-9-18-13(2)12-20/h7-8,11,13-14,18H,6,9-10,12H2,1-5H3/t13-,14+/m0/s1. The normalized spacial score (nSPS) is 21.9. The molecule has 3 heteroatoms. The molecule has 3 nitrogen and oxygen atoms in total. The molecule has 1 aromatic heterocycles. The number of pyridine rings is 1. The maximum Gasteiger partial charge on any atom is 0.128 e. The highest BCUT2D eigenvalue weighted by molar-refractivity contribution is 5.41. The third kappa shape index (κ3) is 3.32. The van der Waals surface area contributed by atoms with Gasteiger partial charge in [-0.15, -0.1) is 0 Å². The number of piperazine rings is 1. The van der Waals surface area contributed by atoms with Crippen molar-refractivity contribution in [2.75, 3.05) is 24.5 Å². The molecule has 112 valence electrons. The van der Waals surface area contributed by atoms with E-state index in [4.69, 9.17) is 4.98 Å². The SMILES string of the molecule is CCC(C)(C)[C@H](C)c1ccc(N2CCN[C@@H](C)C2)nc1. The molecule has 0 bridgehead atoms. The molecule has 0 radical (unpaired) electrons. The van der Waals surface area contributed by atoms with Gasteiger partial charge in [-0.2, -0.15) is 0 Å². The van der Waals surface area contributed by atoms with Crippen LogP contribution < -0.4 is 10.2 Å². The van der Waals surface area contributed by atoms with Crippen LogP contribution in [0.2, 0.25) is 0 Å². The molecule has 0 saturated carbocycles. The van der Waals surface area contributed by atoms with Crippen molar-refractivity contribution in [1.82, 2.24) is 10.3 Å². The van der Waals surface area contributed by atoms with E-state index in [-0.39, 0.29) is 0 Å². The largest absolute Gasteiger partial charge is 0.354 e. The lowest BCUT2D eigenvalue weighted by Gasteiger charge is -2.34. The zero-order valence-electron chi connectivity index (χ0n) is 13.6. The van der Waals surface area contributed by atoms with Crippen LogP contribution in [0.25, 0.3) is 0 Å². The van der Waals surface area contributed by atoms with E-state index in [2.05, 4.69) is 63.2 Å². The lowest BCUT2D eigenvalue weighted by molar-refractivity contribution is 0.288. The molecule has 1 saturated heterocycles. The molecule has 1 aromatic rings. The van der Waals surface area contributed by atoms with Crippen LogP contribution in [0.3, 0.4) is 0 Å². The average molecular weight is 275 g/mol. The van der Waals surface area contributed by atoms with Crippen molar-refractivity contribution in [3.8, 4) is 0 Å². The van der Waals surface area contributed by atoms with E-state index in [9.17, 15) is 0 Å². The summed E-state index contributed by atoms with van der Waals surface area (Å²) in [7, 11) is 0. The van der Waals surface area contributed by atoms with Crippen molar-refractivity contribution < 1.29 is 0 Å². The van der Waals surface area contributed by atoms with Crippen molar-refractivity contribution in [2.24, 2.45) is 5.41 Å². The second-order valence-electron chi connectivity index (χ2n) is 6.81. The number of nitrogens with zero attached hydrogens (tertiary/aromatic N) is 2. The summed E-state index contributed by atoms with van der Waals surface area (Å²) in [5.74, 6) is 1.65. The molecule has 0 spiro atoms. The Morgan fingerprint density at radius 2 is 2.20 bits per heavy atom. The maximum atomic E-state index is 4.70. The highest BCUT2D eigenvalue weighted by Gasteiger charge is 2.25. The number of anilines is 1. The minimum atomic E-state index is 0.326. The second kappa shape index (κ2) is 6.13. The van der Waals surface area contributed by atoms with Crippen LogP contribution in [0.1, 0.15) is 52.5 Å². The third-order valence-electron chi connectivity index (χ3n) is 5.05. The first-order chi connectivity index (χ1) is 9.44. The van der Waals surface area contributed by atoms with Crippen LogP contribution in [0.5, 0.6) is 0 Å². The van der Waals surface area contributed by atoms with Gasteiger partial charge in [0.15, 0.2) is 0 Å². The molecule has 0 aliphatic carbocycles. The Balaban J connectivity index is 2.10. The van der Waals surface area contributed by atoms with E-state index in [1.54, 1.807) is 0 Å². The molecule has 1 aliphatic heterocycles. The third-order valence-corrected chi connectivity index (χ3v) is 5.05. The molecular weight excluding hydrogens is 246 g/mol. The van der Waals surface area contributed by atoms with Crippen LogP contribution in [0.15, 0.2) is 18.3 Å². The quantitative estimate of drug-likeness (QED) is 0.912.